The molecule has 0 unspecified atom stereocenters. The predicted octanol–water partition coefficient (Wildman–Crippen LogP) is 4.85. The first-order valence-corrected chi connectivity index (χ1v) is 9.56. The molecule has 130 valence electrons. The van der Waals surface area contributed by atoms with Crippen LogP contribution in [0.5, 0.6) is 0 Å². The number of nitrogens with one attached hydrogen (secondary N) is 1. The Hall–Kier alpha value is -1.69. The number of anilines is 2. The molecule has 0 aliphatic carbocycles. The van der Waals surface area contributed by atoms with E-state index in [-0.39, 0.29) is 17.6 Å². The molecule has 1 fully saturated rings. The molecule has 1 N–H and O–H groups in total. The first-order valence-electron chi connectivity index (χ1n) is 7.81. The van der Waals surface area contributed by atoms with Gasteiger partial charge in [-0.15, -0.1) is 11.8 Å². The van der Waals surface area contributed by atoms with Crippen molar-refractivity contribution in [3.8, 4) is 0 Å². The van der Waals surface area contributed by atoms with E-state index >= 15 is 0 Å². The van der Waals surface area contributed by atoms with Crippen LogP contribution in [-0.4, -0.2) is 24.1 Å². The molecular formula is C18H16Cl2N2O2S. The molecule has 0 spiro atoms. The highest BCUT2D eigenvalue weighted by molar-refractivity contribution is 8.00. The molecule has 0 saturated carbocycles. The number of thioether (sulfide) groups is 1. The quantitative estimate of drug-likeness (QED) is 0.737. The Bertz CT molecular complexity index is 813. The summed E-state index contributed by atoms with van der Waals surface area (Å²) in [4.78, 5) is 26.8. The van der Waals surface area contributed by atoms with Crippen LogP contribution in [0.1, 0.15) is 12.8 Å². The lowest BCUT2D eigenvalue weighted by molar-refractivity contribution is -0.117. The monoisotopic (exact) mass is 394 g/mol. The first kappa shape index (κ1) is 18.1. The molecule has 25 heavy (non-hydrogen) atoms. The molecule has 4 nitrogen and oxygen atoms in total. The van der Waals surface area contributed by atoms with E-state index in [0.29, 0.717) is 28.7 Å². The van der Waals surface area contributed by atoms with Crippen molar-refractivity contribution < 1.29 is 9.59 Å². The van der Waals surface area contributed by atoms with Crippen LogP contribution in [0.3, 0.4) is 0 Å². The Morgan fingerprint density at radius 2 is 2.00 bits per heavy atom. The second kappa shape index (κ2) is 8.13. The van der Waals surface area contributed by atoms with Crippen molar-refractivity contribution in [3.05, 3.63) is 52.5 Å². The second-order valence-electron chi connectivity index (χ2n) is 5.58. The molecule has 1 heterocycles. The number of carbonyl (C=O) groups excluding carboxylic acids is 2. The number of hydrogen-bond donors (Lipinski definition) is 1. The van der Waals surface area contributed by atoms with E-state index < -0.39 is 0 Å². The largest absolute Gasteiger partial charge is 0.324 e. The van der Waals surface area contributed by atoms with Gasteiger partial charge in [0.1, 0.15) is 0 Å². The molecule has 2 aromatic carbocycles. The van der Waals surface area contributed by atoms with E-state index in [1.54, 1.807) is 29.2 Å². The average Bonchev–Trinajstić information content (AvgIpc) is 3.02. The summed E-state index contributed by atoms with van der Waals surface area (Å²) in [6.07, 6.45) is 1.38. The third-order valence-corrected chi connectivity index (χ3v) is 5.53. The van der Waals surface area contributed by atoms with Crippen LogP contribution in [0.15, 0.2) is 47.4 Å². The highest BCUT2D eigenvalue weighted by Crippen LogP contribution is 2.31. The third-order valence-electron chi connectivity index (χ3n) is 3.79. The van der Waals surface area contributed by atoms with Crippen LogP contribution in [0.2, 0.25) is 10.0 Å². The lowest BCUT2D eigenvalue weighted by Crippen LogP contribution is -2.25. The minimum atomic E-state index is -0.167. The maximum atomic E-state index is 12.3. The van der Waals surface area contributed by atoms with Gasteiger partial charge in [0.05, 0.1) is 22.2 Å². The zero-order chi connectivity index (χ0) is 17.8. The van der Waals surface area contributed by atoms with Crippen LogP contribution < -0.4 is 10.2 Å². The molecule has 0 atom stereocenters. The van der Waals surface area contributed by atoms with E-state index in [1.165, 1.54) is 11.8 Å². The zero-order valence-corrected chi connectivity index (χ0v) is 15.6. The van der Waals surface area contributed by atoms with Crippen molar-refractivity contribution in [2.24, 2.45) is 0 Å². The lowest BCUT2D eigenvalue weighted by Gasteiger charge is -2.20. The lowest BCUT2D eigenvalue weighted by atomic mass is 10.2. The highest BCUT2D eigenvalue weighted by Gasteiger charge is 2.24. The van der Waals surface area contributed by atoms with Crippen LogP contribution in [0, 0.1) is 0 Å². The van der Waals surface area contributed by atoms with Gasteiger partial charge in [0, 0.05) is 22.9 Å². The van der Waals surface area contributed by atoms with Crippen LogP contribution >= 0.6 is 35.0 Å². The third kappa shape index (κ3) is 4.48. The van der Waals surface area contributed by atoms with Crippen LogP contribution in [-0.2, 0) is 9.59 Å². The van der Waals surface area contributed by atoms with Gasteiger partial charge in [0.15, 0.2) is 0 Å². The molecule has 0 radical (unpaired) electrons. The van der Waals surface area contributed by atoms with Gasteiger partial charge in [-0.05, 0) is 36.8 Å². The molecule has 3 rings (SSSR count). The van der Waals surface area contributed by atoms with Gasteiger partial charge in [-0.3, -0.25) is 9.59 Å². The standard InChI is InChI=1S/C18H16Cl2N2O2S/c19-12-7-8-13(20)16(10-12)25-11-17(23)21-14-4-1-2-5-15(14)22-9-3-6-18(22)24/h1-2,4-5,7-8,10H,3,6,9,11H2,(H,21,23). The Morgan fingerprint density at radius 1 is 1.20 bits per heavy atom. The maximum absolute atomic E-state index is 12.3. The van der Waals surface area contributed by atoms with Gasteiger partial charge >= 0.3 is 0 Å². The minimum Gasteiger partial charge on any atom is -0.324 e. The number of amides is 2. The topological polar surface area (TPSA) is 49.4 Å². The van der Waals surface area contributed by atoms with E-state index in [2.05, 4.69) is 5.32 Å². The zero-order valence-electron chi connectivity index (χ0n) is 13.3. The van der Waals surface area contributed by atoms with Gasteiger partial charge in [0.2, 0.25) is 11.8 Å². The molecule has 2 aromatic rings. The van der Waals surface area contributed by atoms with Crippen molar-refractivity contribution in [2.75, 3.05) is 22.5 Å². The molecule has 1 saturated heterocycles. The molecule has 0 aromatic heterocycles. The Morgan fingerprint density at radius 3 is 2.76 bits per heavy atom. The fraction of sp³-hybridized carbons (Fsp3) is 0.222. The maximum Gasteiger partial charge on any atom is 0.234 e. The molecule has 7 heteroatoms. The number of rotatable bonds is 5. The summed E-state index contributed by atoms with van der Waals surface area (Å²) < 4.78 is 0. The number of nitrogens with zero attached hydrogens (tertiary/aromatic N) is 1. The summed E-state index contributed by atoms with van der Waals surface area (Å²) in [5.74, 6) is 0.115. The summed E-state index contributed by atoms with van der Waals surface area (Å²) in [6.45, 7) is 0.679. The molecule has 2 amide bonds. The predicted molar refractivity (Wildman–Crippen MR) is 104 cm³/mol. The van der Waals surface area contributed by atoms with E-state index in [9.17, 15) is 9.59 Å². The van der Waals surface area contributed by atoms with Crippen molar-refractivity contribution in [2.45, 2.75) is 17.7 Å². The van der Waals surface area contributed by atoms with Crippen molar-refractivity contribution in [1.29, 1.82) is 0 Å². The van der Waals surface area contributed by atoms with Crippen molar-refractivity contribution in [1.82, 2.24) is 0 Å². The fourth-order valence-corrected chi connectivity index (χ4v) is 3.93. The van der Waals surface area contributed by atoms with Gasteiger partial charge in [-0.2, -0.15) is 0 Å². The smallest absolute Gasteiger partial charge is 0.234 e. The number of para-hydroxylation sites is 2. The highest BCUT2D eigenvalue weighted by atomic mass is 35.5. The molecular weight excluding hydrogens is 379 g/mol. The van der Waals surface area contributed by atoms with E-state index in [0.717, 1.165) is 17.0 Å². The van der Waals surface area contributed by atoms with Crippen molar-refractivity contribution >= 4 is 58.2 Å². The first-order chi connectivity index (χ1) is 12.0. The van der Waals surface area contributed by atoms with Gasteiger partial charge in [-0.25, -0.2) is 0 Å². The van der Waals surface area contributed by atoms with Crippen LogP contribution in [0.4, 0.5) is 11.4 Å². The van der Waals surface area contributed by atoms with Gasteiger partial charge in [-0.1, -0.05) is 35.3 Å². The SMILES string of the molecule is O=C(CSc1cc(Cl)ccc1Cl)Nc1ccccc1N1CCCC1=O. The second-order valence-corrected chi connectivity index (χ2v) is 7.44. The Kier molecular flexibility index (Phi) is 5.89. The van der Waals surface area contributed by atoms with Crippen LogP contribution in [0.25, 0.3) is 0 Å². The number of hydrogen-bond acceptors (Lipinski definition) is 3. The summed E-state index contributed by atoms with van der Waals surface area (Å²) in [6, 6.07) is 12.5. The van der Waals surface area contributed by atoms with Gasteiger partial charge < -0.3 is 10.2 Å². The molecule has 0 bridgehead atoms. The Labute approximate surface area is 160 Å². The minimum absolute atomic E-state index is 0.0850. The normalized spacial score (nSPS) is 14.0. The molecule has 1 aliphatic rings. The molecule has 1 aliphatic heterocycles. The number of halogens is 2. The fourth-order valence-electron chi connectivity index (χ4n) is 2.63. The average molecular weight is 395 g/mol. The van der Waals surface area contributed by atoms with Crippen molar-refractivity contribution in [3.63, 3.8) is 0 Å². The van der Waals surface area contributed by atoms with E-state index in [4.69, 9.17) is 23.2 Å². The number of benzene rings is 2. The summed E-state index contributed by atoms with van der Waals surface area (Å²) in [5.41, 5.74) is 1.38. The summed E-state index contributed by atoms with van der Waals surface area (Å²) in [5, 5.41) is 4.02. The Balaban J connectivity index is 1.67. The summed E-state index contributed by atoms with van der Waals surface area (Å²) in [7, 11) is 0. The van der Waals surface area contributed by atoms with Gasteiger partial charge in [0.25, 0.3) is 0 Å². The number of carbonyl (C=O) groups is 2. The summed E-state index contributed by atoms with van der Waals surface area (Å²) >= 11 is 13.4. The van der Waals surface area contributed by atoms with E-state index in [1.807, 2.05) is 18.2 Å².